The lowest BCUT2D eigenvalue weighted by Gasteiger charge is -2.19. The van der Waals surface area contributed by atoms with E-state index in [2.05, 4.69) is 18.6 Å². The Morgan fingerprint density at radius 2 is 1.47 bits per heavy atom. The van der Waals surface area contributed by atoms with Crippen molar-refractivity contribution < 1.29 is 4.39 Å². The molecule has 2 atom stereocenters. The monoisotopic (exact) mass is 278 g/mol. The van der Waals surface area contributed by atoms with Gasteiger partial charge in [-0.1, -0.05) is 42.5 Å². The molecule has 1 radical (unpaired) electrons. The van der Waals surface area contributed by atoms with Crippen LogP contribution in [-0.2, 0) is 0 Å². The maximum Gasteiger partial charge on any atom is 0.123 e. The molecule has 0 spiro atoms. The lowest BCUT2D eigenvalue weighted by atomic mass is 9.86. The summed E-state index contributed by atoms with van der Waals surface area (Å²) in [5.74, 6) is -0.113. The van der Waals surface area contributed by atoms with Gasteiger partial charge in [0, 0.05) is 12.0 Å². The average molecular weight is 279 g/mol. The first-order valence-electron chi connectivity index (χ1n) is 6.08. The minimum absolute atomic E-state index is 0. The number of benzene rings is 2. The van der Waals surface area contributed by atoms with Crippen molar-refractivity contribution in [3.63, 3.8) is 0 Å². The van der Waals surface area contributed by atoms with Gasteiger partial charge in [0.2, 0.25) is 0 Å². The highest BCUT2D eigenvalue weighted by Gasteiger charge is 2.16. The van der Waals surface area contributed by atoms with Gasteiger partial charge in [0.15, 0.2) is 0 Å². The van der Waals surface area contributed by atoms with Gasteiger partial charge in [-0.05, 0) is 36.6 Å². The standard InChI is InChI=1S/C16H17FN.ClH/c1-12(18)11-16(13-5-3-2-4-6-13)14-7-9-15(17)10-8-14;/h2-12,16H,18H2,1H3;1H. The molecule has 2 aromatic rings. The predicted molar refractivity (Wildman–Crippen MR) is 79.9 cm³/mol. The Balaban J connectivity index is 0.00000180. The van der Waals surface area contributed by atoms with Crippen LogP contribution in [-0.4, -0.2) is 6.04 Å². The molecule has 3 heteroatoms. The van der Waals surface area contributed by atoms with Gasteiger partial charge in [-0.15, -0.1) is 12.4 Å². The minimum atomic E-state index is -0.216. The maximum absolute atomic E-state index is 13.0. The fourth-order valence-corrected chi connectivity index (χ4v) is 2.05. The van der Waals surface area contributed by atoms with Crippen LogP contribution in [0.1, 0.15) is 24.0 Å². The molecule has 0 aromatic heterocycles. The molecule has 1 nitrogen and oxygen atoms in total. The Hall–Kier alpha value is -1.38. The van der Waals surface area contributed by atoms with Crippen molar-refractivity contribution in [3.8, 4) is 0 Å². The van der Waals surface area contributed by atoms with Crippen molar-refractivity contribution in [2.75, 3.05) is 0 Å². The molecule has 0 aliphatic carbocycles. The summed E-state index contributed by atoms with van der Waals surface area (Å²) in [6, 6.07) is 16.7. The van der Waals surface area contributed by atoms with E-state index in [-0.39, 0.29) is 30.2 Å². The van der Waals surface area contributed by atoms with Crippen molar-refractivity contribution in [2.24, 2.45) is 5.73 Å². The van der Waals surface area contributed by atoms with E-state index in [9.17, 15) is 4.39 Å². The lowest BCUT2D eigenvalue weighted by molar-refractivity contribution is 0.626. The van der Waals surface area contributed by atoms with Crippen LogP contribution in [0.15, 0.2) is 54.6 Å². The van der Waals surface area contributed by atoms with Crippen molar-refractivity contribution in [2.45, 2.75) is 18.9 Å². The van der Waals surface area contributed by atoms with E-state index in [0.29, 0.717) is 0 Å². The topological polar surface area (TPSA) is 26.0 Å². The van der Waals surface area contributed by atoms with Gasteiger partial charge in [0.25, 0.3) is 0 Å². The van der Waals surface area contributed by atoms with E-state index < -0.39 is 0 Å². The van der Waals surface area contributed by atoms with Crippen molar-refractivity contribution in [1.29, 1.82) is 0 Å². The molecule has 0 saturated heterocycles. The Labute approximate surface area is 120 Å². The fraction of sp³-hybridized carbons (Fsp3) is 0.188. The van der Waals surface area contributed by atoms with E-state index in [1.807, 2.05) is 37.3 Å². The van der Waals surface area contributed by atoms with Crippen LogP contribution < -0.4 is 5.73 Å². The number of hydrogen-bond donors (Lipinski definition) is 1. The molecule has 19 heavy (non-hydrogen) atoms. The van der Waals surface area contributed by atoms with E-state index in [4.69, 9.17) is 5.73 Å². The number of rotatable bonds is 4. The smallest absolute Gasteiger partial charge is 0.123 e. The van der Waals surface area contributed by atoms with Gasteiger partial charge in [-0.25, -0.2) is 4.39 Å². The van der Waals surface area contributed by atoms with Gasteiger partial charge >= 0.3 is 0 Å². The Kier molecular flexibility index (Phi) is 6.00. The minimum Gasteiger partial charge on any atom is -0.328 e. The third kappa shape index (κ3) is 4.34. The molecule has 0 aliphatic rings. The molecule has 2 rings (SSSR count). The summed E-state index contributed by atoms with van der Waals surface area (Å²) < 4.78 is 13.0. The van der Waals surface area contributed by atoms with Gasteiger partial charge in [0.05, 0.1) is 0 Å². The molecule has 101 valence electrons. The summed E-state index contributed by atoms with van der Waals surface area (Å²) in [7, 11) is 0. The number of halogens is 2. The second-order valence-corrected chi connectivity index (χ2v) is 4.49. The zero-order valence-electron chi connectivity index (χ0n) is 10.8. The van der Waals surface area contributed by atoms with Crippen LogP contribution in [0.25, 0.3) is 0 Å². The van der Waals surface area contributed by atoms with Crippen molar-refractivity contribution in [1.82, 2.24) is 0 Å². The molecular formula is C16H18ClFN. The zero-order chi connectivity index (χ0) is 13.0. The number of nitrogens with two attached hydrogens (primary N) is 1. The first-order chi connectivity index (χ1) is 8.66. The first kappa shape index (κ1) is 15.7. The molecule has 0 saturated carbocycles. The fourth-order valence-electron chi connectivity index (χ4n) is 2.05. The summed E-state index contributed by atoms with van der Waals surface area (Å²) in [5, 5.41) is 0. The molecule has 0 amide bonds. The van der Waals surface area contributed by atoms with Crippen molar-refractivity contribution in [3.05, 3.63) is 78.0 Å². The van der Waals surface area contributed by atoms with Crippen LogP contribution in [0, 0.1) is 12.2 Å². The molecule has 0 bridgehead atoms. The van der Waals surface area contributed by atoms with Crippen LogP contribution in [0.4, 0.5) is 4.39 Å². The Morgan fingerprint density at radius 1 is 0.947 bits per heavy atom. The third-order valence-electron chi connectivity index (χ3n) is 2.88. The van der Waals surface area contributed by atoms with Crippen LogP contribution in [0.3, 0.4) is 0 Å². The molecule has 0 aliphatic heterocycles. The van der Waals surface area contributed by atoms with Crippen LogP contribution >= 0.6 is 12.4 Å². The Bertz CT molecular complexity index is 482. The van der Waals surface area contributed by atoms with E-state index in [1.54, 1.807) is 0 Å². The third-order valence-corrected chi connectivity index (χ3v) is 2.88. The summed E-state index contributed by atoms with van der Waals surface area (Å²) in [5.41, 5.74) is 8.09. The van der Waals surface area contributed by atoms with Gasteiger partial charge < -0.3 is 5.73 Å². The van der Waals surface area contributed by atoms with E-state index >= 15 is 0 Å². The van der Waals surface area contributed by atoms with Crippen LogP contribution in [0.5, 0.6) is 0 Å². The molecule has 0 fully saturated rings. The zero-order valence-corrected chi connectivity index (χ0v) is 11.6. The highest BCUT2D eigenvalue weighted by Crippen LogP contribution is 2.28. The highest BCUT2D eigenvalue weighted by molar-refractivity contribution is 5.85. The molecule has 2 N–H and O–H groups in total. The quantitative estimate of drug-likeness (QED) is 0.901. The Morgan fingerprint density at radius 3 is 2.00 bits per heavy atom. The second-order valence-electron chi connectivity index (χ2n) is 4.49. The first-order valence-corrected chi connectivity index (χ1v) is 6.08. The van der Waals surface area contributed by atoms with Gasteiger partial charge in [-0.2, -0.15) is 0 Å². The maximum atomic E-state index is 13.0. The highest BCUT2D eigenvalue weighted by atomic mass is 35.5. The summed E-state index contributed by atoms with van der Waals surface area (Å²) in [6.07, 6.45) is 2.07. The van der Waals surface area contributed by atoms with Gasteiger partial charge in [0.1, 0.15) is 5.82 Å². The summed E-state index contributed by atoms with van der Waals surface area (Å²) in [4.78, 5) is 0. The second kappa shape index (κ2) is 7.27. The lowest BCUT2D eigenvalue weighted by Crippen LogP contribution is -2.20. The van der Waals surface area contributed by atoms with Crippen molar-refractivity contribution >= 4 is 12.4 Å². The van der Waals surface area contributed by atoms with E-state index in [0.717, 1.165) is 5.56 Å². The van der Waals surface area contributed by atoms with E-state index in [1.165, 1.54) is 17.7 Å². The molecule has 2 aromatic carbocycles. The average Bonchev–Trinajstić information content (AvgIpc) is 2.38. The molecule has 2 unspecified atom stereocenters. The SMILES string of the molecule is CC(N)[CH]C(c1ccccc1)c1ccc(F)cc1.Cl. The summed E-state index contributed by atoms with van der Waals surface area (Å²) in [6.45, 7) is 1.94. The normalized spacial score (nSPS) is 13.4. The molecule has 0 heterocycles. The number of hydrogen-bond acceptors (Lipinski definition) is 1. The summed E-state index contributed by atoms with van der Waals surface area (Å²) >= 11 is 0. The molecular weight excluding hydrogens is 261 g/mol. The predicted octanol–water partition coefficient (Wildman–Crippen LogP) is 3.93. The van der Waals surface area contributed by atoms with Gasteiger partial charge in [-0.3, -0.25) is 0 Å². The van der Waals surface area contributed by atoms with Crippen LogP contribution in [0.2, 0.25) is 0 Å². The largest absolute Gasteiger partial charge is 0.328 e.